The van der Waals surface area contributed by atoms with Gasteiger partial charge < -0.3 is 10.6 Å². The minimum Gasteiger partial charge on any atom is -0.338 e. The summed E-state index contributed by atoms with van der Waals surface area (Å²) in [6.07, 6.45) is 8.03. The second kappa shape index (κ2) is 6.24. The van der Waals surface area contributed by atoms with E-state index in [9.17, 15) is 14.4 Å². The van der Waals surface area contributed by atoms with E-state index in [0.717, 1.165) is 36.1 Å². The largest absolute Gasteiger partial charge is 0.338 e. The van der Waals surface area contributed by atoms with Crippen LogP contribution in [0, 0.1) is 23.2 Å². The van der Waals surface area contributed by atoms with Crippen LogP contribution in [0.4, 0.5) is 9.59 Å². The first-order valence-electron chi connectivity index (χ1n) is 9.02. The van der Waals surface area contributed by atoms with E-state index in [1.54, 1.807) is 0 Å². The Morgan fingerprint density at radius 3 is 2.25 bits per heavy atom. The van der Waals surface area contributed by atoms with E-state index < -0.39 is 0 Å². The molecule has 0 radical (unpaired) electrons. The number of imide groups is 1. The first-order valence-corrected chi connectivity index (χ1v) is 10.0. The lowest BCUT2D eigenvalue weighted by Gasteiger charge is -2.56. The topological polar surface area (TPSA) is 78.5 Å². The van der Waals surface area contributed by atoms with E-state index in [0.29, 0.717) is 12.0 Å². The van der Waals surface area contributed by atoms with Gasteiger partial charge in [0.25, 0.3) is 5.24 Å². The van der Waals surface area contributed by atoms with Crippen LogP contribution in [0.1, 0.15) is 38.5 Å². The van der Waals surface area contributed by atoms with Crippen LogP contribution in [-0.2, 0) is 4.79 Å². The van der Waals surface area contributed by atoms with Crippen LogP contribution in [0.5, 0.6) is 0 Å². The molecule has 0 aromatic carbocycles. The molecular weight excluding hydrogens is 326 g/mol. The van der Waals surface area contributed by atoms with E-state index in [1.807, 2.05) is 0 Å². The van der Waals surface area contributed by atoms with Crippen LogP contribution in [0.15, 0.2) is 0 Å². The maximum atomic E-state index is 12.1. The van der Waals surface area contributed by atoms with Gasteiger partial charge in [0, 0.05) is 19.6 Å². The quantitative estimate of drug-likeness (QED) is 0.796. The molecule has 5 fully saturated rings. The zero-order chi connectivity index (χ0) is 16.7. The Hall–Kier alpha value is -1.24. The first-order chi connectivity index (χ1) is 11.5. The molecule has 0 aromatic rings. The maximum absolute atomic E-state index is 12.1. The number of amides is 4. The number of carbonyl (C=O) groups is 3. The predicted octanol–water partition coefficient (Wildman–Crippen LogP) is 2.20. The normalized spacial score (nSPS) is 37.2. The summed E-state index contributed by atoms with van der Waals surface area (Å²) in [5.74, 6) is 2.69. The molecule has 1 heterocycles. The number of nitrogens with one attached hydrogen (secondary N) is 2. The van der Waals surface area contributed by atoms with Gasteiger partial charge in [0.05, 0.1) is 5.75 Å². The van der Waals surface area contributed by atoms with Gasteiger partial charge in [-0.1, -0.05) is 11.8 Å². The van der Waals surface area contributed by atoms with Crippen molar-refractivity contribution in [3.05, 3.63) is 0 Å². The van der Waals surface area contributed by atoms with Crippen molar-refractivity contribution < 1.29 is 14.4 Å². The first kappa shape index (κ1) is 16.2. The smallest absolute Gasteiger partial charge is 0.314 e. The Labute approximate surface area is 146 Å². The molecule has 2 N–H and O–H groups in total. The molecule has 7 heteroatoms. The summed E-state index contributed by atoms with van der Waals surface area (Å²) in [4.78, 5) is 36.3. The minimum atomic E-state index is -0.212. The maximum Gasteiger partial charge on any atom is 0.314 e. The van der Waals surface area contributed by atoms with Gasteiger partial charge in [0.2, 0.25) is 5.91 Å². The van der Waals surface area contributed by atoms with Crippen LogP contribution >= 0.6 is 11.8 Å². The second-order valence-electron chi connectivity index (χ2n) is 8.13. The molecule has 0 aromatic heterocycles. The van der Waals surface area contributed by atoms with E-state index >= 15 is 0 Å². The van der Waals surface area contributed by atoms with Crippen LogP contribution < -0.4 is 10.6 Å². The molecule has 132 valence electrons. The highest BCUT2D eigenvalue weighted by atomic mass is 32.2. The lowest BCUT2D eigenvalue weighted by molar-refractivity contribution is -0.124. The summed E-state index contributed by atoms with van der Waals surface area (Å²) in [5, 5.41) is 5.61. The van der Waals surface area contributed by atoms with Crippen molar-refractivity contribution in [2.24, 2.45) is 23.2 Å². The Bertz CT molecular complexity index is 514. The van der Waals surface area contributed by atoms with Crippen molar-refractivity contribution in [2.75, 3.05) is 25.4 Å². The summed E-state index contributed by atoms with van der Waals surface area (Å²) in [6.45, 7) is 1.33. The van der Waals surface area contributed by atoms with Gasteiger partial charge in [-0.2, -0.15) is 0 Å². The molecule has 5 rings (SSSR count). The predicted molar refractivity (Wildman–Crippen MR) is 91.6 cm³/mol. The third-order valence-corrected chi connectivity index (χ3v) is 7.11. The van der Waals surface area contributed by atoms with Gasteiger partial charge in [-0.3, -0.25) is 14.5 Å². The molecule has 1 aliphatic heterocycles. The molecule has 5 aliphatic rings. The number of rotatable bonds is 5. The second-order valence-corrected chi connectivity index (χ2v) is 9.05. The Morgan fingerprint density at radius 1 is 1.08 bits per heavy atom. The van der Waals surface area contributed by atoms with Gasteiger partial charge in [-0.25, -0.2) is 4.79 Å². The molecule has 0 unspecified atom stereocenters. The molecule has 4 amide bonds. The molecule has 0 atom stereocenters. The van der Waals surface area contributed by atoms with Crippen molar-refractivity contribution in [2.45, 2.75) is 38.5 Å². The average molecular weight is 351 g/mol. The number of hydrogen-bond donors (Lipinski definition) is 2. The SMILES string of the molecule is O=C(NCCN1C(=O)CSC1=O)NCC12CC3CC(CC(C3)C1)C2. The fourth-order valence-electron chi connectivity index (χ4n) is 5.72. The number of nitrogens with zero attached hydrogens (tertiary/aromatic N) is 1. The summed E-state index contributed by atoms with van der Waals surface area (Å²) < 4.78 is 0. The zero-order valence-corrected chi connectivity index (χ0v) is 14.7. The van der Waals surface area contributed by atoms with Crippen molar-refractivity contribution in [3.63, 3.8) is 0 Å². The monoisotopic (exact) mass is 351 g/mol. The van der Waals surface area contributed by atoms with Crippen LogP contribution in [0.25, 0.3) is 0 Å². The molecule has 4 aliphatic carbocycles. The van der Waals surface area contributed by atoms with Crippen molar-refractivity contribution in [3.8, 4) is 0 Å². The molecular formula is C17H25N3O3S. The van der Waals surface area contributed by atoms with Crippen molar-refractivity contribution >= 4 is 28.9 Å². The van der Waals surface area contributed by atoms with Crippen molar-refractivity contribution in [1.29, 1.82) is 0 Å². The zero-order valence-electron chi connectivity index (χ0n) is 13.9. The lowest BCUT2D eigenvalue weighted by Crippen LogP contribution is -2.52. The third-order valence-electron chi connectivity index (χ3n) is 6.25. The Kier molecular flexibility index (Phi) is 4.22. The van der Waals surface area contributed by atoms with Crippen LogP contribution in [0.2, 0.25) is 0 Å². The van der Waals surface area contributed by atoms with Crippen molar-refractivity contribution in [1.82, 2.24) is 15.5 Å². The molecule has 4 saturated carbocycles. The number of hydrogen-bond acceptors (Lipinski definition) is 4. The van der Waals surface area contributed by atoms with Gasteiger partial charge in [-0.05, 0) is 61.7 Å². The highest BCUT2D eigenvalue weighted by Gasteiger charge is 2.50. The minimum absolute atomic E-state index is 0.166. The lowest BCUT2D eigenvalue weighted by atomic mass is 9.49. The van der Waals surface area contributed by atoms with Crippen LogP contribution in [-0.4, -0.2) is 47.5 Å². The summed E-state index contributed by atoms with van der Waals surface area (Å²) in [7, 11) is 0. The fourth-order valence-corrected chi connectivity index (χ4v) is 6.47. The van der Waals surface area contributed by atoms with Gasteiger partial charge in [0.15, 0.2) is 0 Å². The number of carbonyl (C=O) groups excluding carboxylic acids is 3. The molecule has 24 heavy (non-hydrogen) atoms. The van der Waals surface area contributed by atoms with E-state index in [2.05, 4.69) is 10.6 Å². The van der Waals surface area contributed by atoms with Crippen LogP contribution in [0.3, 0.4) is 0 Å². The Morgan fingerprint density at radius 2 is 1.71 bits per heavy atom. The van der Waals surface area contributed by atoms with E-state index in [4.69, 9.17) is 0 Å². The highest BCUT2D eigenvalue weighted by Crippen LogP contribution is 2.59. The molecule has 6 nitrogen and oxygen atoms in total. The number of thioether (sulfide) groups is 1. The van der Waals surface area contributed by atoms with Gasteiger partial charge in [-0.15, -0.1) is 0 Å². The molecule has 0 spiro atoms. The van der Waals surface area contributed by atoms with E-state index in [-0.39, 0.29) is 29.5 Å². The Balaban J connectivity index is 1.21. The summed E-state index contributed by atoms with van der Waals surface area (Å²) in [5.41, 5.74) is 0.323. The highest BCUT2D eigenvalue weighted by molar-refractivity contribution is 8.14. The molecule has 4 bridgehead atoms. The fraction of sp³-hybridized carbons (Fsp3) is 0.824. The van der Waals surface area contributed by atoms with E-state index in [1.165, 1.54) is 43.4 Å². The van der Waals surface area contributed by atoms with Gasteiger partial charge in [0.1, 0.15) is 0 Å². The average Bonchev–Trinajstić information content (AvgIpc) is 2.84. The summed E-state index contributed by atoms with van der Waals surface area (Å²) in [6, 6.07) is -0.183. The third kappa shape index (κ3) is 3.15. The number of urea groups is 1. The van der Waals surface area contributed by atoms with Gasteiger partial charge >= 0.3 is 6.03 Å². The standard InChI is InChI=1S/C17H25N3O3S/c21-14-9-24-16(23)20(14)2-1-18-15(22)19-10-17-6-11-3-12(7-17)5-13(4-11)8-17/h11-13H,1-10H2,(H2,18,19,22). The molecule has 1 saturated heterocycles. The summed E-state index contributed by atoms with van der Waals surface area (Å²) >= 11 is 1.02.